The zero-order valence-corrected chi connectivity index (χ0v) is 14.6. The molecule has 0 spiro atoms. The number of halogens is 1. The highest BCUT2D eigenvalue weighted by Crippen LogP contribution is 2.25. The maximum atomic E-state index is 10.7. The summed E-state index contributed by atoms with van der Waals surface area (Å²) >= 11 is 5.85. The van der Waals surface area contributed by atoms with Crippen molar-refractivity contribution in [3.8, 4) is 11.6 Å². The average molecular weight is 354 g/mol. The fourth-order valence-corrected chi connectivity index (χ4v) is 2.49. The lowest BCUT2D eigenvalue weighted by atomic mass is 10.2. The molecule has 0 aliphatic carbocycles. The molecule has 1 aliphatic rings. The average Bonchev–Trinajstić information content (AvgIpc) is 3.15. The molecule has 1 aromatic heterocycles. The molecule has 1 unspecified atom stereocenters. The van der Waals surface area contributed by atoms with Gasteiger partial charge in [0.05, 0.1) is 32.4 Å². The lowest BCUT2D eigenvalue weighted by Crippen LogP contribution is -2.31. The van der Waals surface area contributed by atoms with Crippen LogP contribution < -0.4 is 14.8 Å². The largest absolute Gasteiger partial charge is 0.497 e. The van der Waals surface area contributed by atoms with Crippen molar-refractivity contribution in [3.05, 3.63) is 23.4 Å². The minimum Gasteiger partial charge on any atom is -0.497 e. The molecule has 0 radical (unpaired) electrons. The molecule has 1 saturated heterocycles. The van der Waals surface area contributed by atoms with Gasteiger partial charge in [0, 0.05) is 6.07 Å². The van der Waals surface area contributed by atoms with E-state index < -0.39 is 0 Å². The Labute approximate surface area is 145 Å². The summed E-state index contributed by atoms with van der Waals surface area (Å²) in [7, 11) is 4.52. The van der Waals surface area contributed by atoms with Gasteiger partial charge in [-0.05, 0) is 31.5 Å². The van der Waals surface area contributed by atoms with Gasteiger partial charge in [0.15, 0.2) is 5.15 Å². The second-order valence-corrected chi connectivity index (χ2v) is 5.41. The van der Waals surface area contributed by atoms with Gasteiger partial charge in [-0.2, -0.15) is 0 Å². The molecule has 0 saturated carbocycles. The molecule has 130 valence electrons. The number of aromatic nitrogens is 2. The summed E-state index contributed by atoms with van der Waals surface area (Å²) in [5, 5.41) is 3.29. The standard InChI is InChI=1S/C10H9ClN2O2.C6H11NO2/c1-14-6-3-4-7-8(5-6)13-10(15-2)9(11)12-7;1-9-6(8)5-3-2-4-7-5/h3-5H,1-2H3;5,7H,2-4H2,1H3. The second kappa shape index (κ2) is 8.65. The molecule has 0 bridgehead atoms. The number of hydrogen-bond donors (Lipinski definition) is 1. The Morgan fingerprint density at radius 2 is 2.00 bits per heavy atom. The van der Waals surface area contributed by atoms with E-state index in [1.54, 1.807) is 25.3 Å². The predicted molar refractivity (Wildman–Crippen MR) is 90.7 cm³/mol. The Kier molecular flexibility index (Phi) is 6.57. The summed E-state index contributed by atoms with van der Waals surface area (Å²) < 4.78 is 14.6. The number of carbonyl (C=O) groups excluding carboxylic acids is 1. The van der Waals surface area contributed by atoms with Crippen molar-refractivity contribution in [2.45, 2.75) is 18.9 Å². The van der Waals surface area contributed by atoms with Gasteiger partial charge in [-0.15, -0.1) is 0 Å². The van der Waals surface area contributed by atoms with Crippen LogP contribution in [0.1, 0.15) is 12.8 Å². The third-order valence-electron chi connectivity index (χ3n) is 3.54. The van der Waals surface area contributed by atoms with Gasteiger partial charge in [-0.25, -0.2) is 9.97 Å². The number of esters is 1. The van der Waals surface area contributed by atoms with E-state index in [0.717, 1.165) is 25.1 Å². The Hall–Kier alpha value is -2.12. The van der Waals surface area contributed by atoms with Gasteiger partial charge in [-0.3, -0.25) is 4.79 Å². The Balaban J connectivity index is 0.000000198. The molecule has 2 aromatic rings. The van der Waals surface area contributed by atoms with E-state index >= 15 is 0 Å². The molecule has 1 atom stereocenters. The molecule has 0 amide bonds. The van der Waals surface area contributed by atoms with Crippen molar-refractivity contribution in [2.75, 3.05) is 27.9 Å². The normalized spacial score (nSPS) is 16.2. The number of fused-ring (bicyclic) bond motifs is 1. The first-order valence-corrected chi connectivity index (χ1v) is 7.83. The van der Waals surface area contributed by atoms with Crippen molar-refractivity contribution in [1.82, 2.24) is 15.3 Å². The predicted octanol–water partition coefficient (Wildman–Crippen LogP) is 2.21. The minimum absolute atomic E-state index is 0.0324. The third-order valence-corrected chi connectivity index (χ3v) is 3.79. The zero-order chi connectivity index (χ0) is 17.5. The minimum atomic E-state index is -0.132. The van der Waals surface area contributed by atoms with Crippen molar-refractivity contribution >= 4 is 28.6 Å². The van der Waals surface area contributed by atoms with Crippen LogP contribution in [0.3, 0.4) is 0 Å². The van der Waals surface area contributed by atoms with Crippen LogP contribution in [0, 0.1) is 0 Å². The van der Waals surface area contributed by atoms with Gasteiger partial charge >= 0.3 is 5.97 Å². The van der Waals surface area contributed by atoms with Gasteiger partial charge in [0.2, 0.25) is 0 Å². The fourth-order valence-electron chi connectivity index (χ4n) is 2.28. The van der Waals surface area contributed by atoms with Crippen LogP contribution in [0.5, 0.6) is 11.6 Å². The maximum absolute atomic E-state index is 10.7. The Morgan fingerprint density at radius 1 is 1.21 bits per heavy atom. The number of nitrogens with zero attached hydrogens (tertiary/aromatic N) is 2. The molecule has 2 heterocycles. The van der Waals surface area contributed by atoms with Gasteiger partial charge in [0.1, 0.15) is 11.8 Å². The van der Waals surface area contributed by atoms with Crippen molar-refractivity contribution in [2.24, 2.45) is 0 Å². The highest BCUT2D eigenvalue weighted by Gasteiger charge is 2.21. The van der Waals surface area contributed by atoms with Crippen molar-refractivity contribution < 1.29 is 19.0 Å². The summed E-state index contributed by atoms with van der Waals surface area (Å²) in [6.45, 7) is 0.944. The van der Waals surface area contributed by atoms with Crippen LogP contribution in [0.15, 0.2) is 18.2 Å². The summed E-state index contributed by atoms with van der Waals surface area (Å²) in [6, 6.07) is 5.35. The van der Waals surface area contributed by atoms with E-state index in [0.29, 0.717) is 16.9 Å². The SMILES string of the molecule is COC(=O)C1CCCN1.COc1ccc2nc(Cl)c(OC)nc2c1. The number of rotatable bonds is 3. The highest BCUT2D eigenvalue weighted by molar-refractivity contribution is 6.31. The van der Waals surface area contributed by atoms with E-state index in [1.807, 2.05) is 0 Å². The number of nitrogens with one attached hydrogen (secondary N) is 1. The summed E-state index contributed by atoms with van der Waals surface area (Å²) in [6.07, 6.45) is 2.01. The molecular weight excluding hydrogens is 334 g/mol. The van der Waals surface area contributed by atoms with Crippen LogP contribution in [0.4, 0.5) is 0 Å². The van der Waals surface area contributed by atoms with Crippen LogP contribution in [-0.2, 0) is 9.53 Å². The molecule has 1 aliphatic heterocycles. The maximum Gasteiger partial charge on any atom is 0.322 e. The van der Waals surface area contributed by atoms with E-state index in [4.69, 9.17) is 21.1 Å². The van der Waals surface area contributed by atoms with Crippen LogP contribution in [0.25, 0.3) is 11.0 Å². The topological polar surface area (TPSA) is 82.6 Å². The number of ether oxygens (including phenoxy) is 3. The number of carbonyl (C=O) groups is 1. The van der Waals surface area contributed by atoms with Gasteiger partial charge < -0.3 is 19.5 Å². The molecule has 1 fully saturated rings. The highest BCUT2D eigenvalue weighted by atomic mass is 35.5. The van der Waals surface area contributed by atoms with Crippen molar-refractivity contribution in [1.29, 1.82) is 0 Å². The fraction of sp³-hybridized carbons (Fsp3) is 0.438. The monoisotopic (exact) mass is 353 g/mol. The van der Waals surface area contributed by atoms with E-state index in [-0.39, 0.29) is 17.2 Å². The van der Waals surface area contributed by atoms with Crippen molar-refractivity contribution in [3.63, 3.8) is 0 Å². The van der Waals surface area contributed by atoms with Gasteiger partial charge in [0.25, 0.3) is 5.88 Å². The Morgan fingerprint density at radius 3 is 2.58 bits per heavy atom. The van der Waals surface area contributed by atoms with Crippen LogP contribution >= 0.6 is 11.6 Å². The molecule has 1 aromatic carbocycles. The summed E-state index contributed by atoms with van der Waals surface area (Å²) in [4.78, 5) is 19.1. The molecule has 3 rings (SSSR count). The zero-order valence-electron chi connectivity index (χ0n) is 13.8. The molecule has 1 N–H and O–H groups in total. The summed E-state index contributed by atoms with van der Waals surface area (Å²) in [5.41, 5.74) is 1.40. The van der Waals surface area contributed by atoms with E-state index in [2.05, 4.69) is 20.0 Å². The third kappa shape index (κ3) is 4.46. The smallest absolute Gasteiger partial charge is 0.322 e. The molecule has 8 heteroatoms. The second-order valence-electron chi connectivity index (χ2n) is 5.05. The number of hydrogen-bond acceptors (Lipinski definition) is 7. The number of methoxy groups -OCH3 is 3. The summed E-state index contributed by atoms with van der Waals surface area (Å²) in [5.74, 6) is 0.908. The Bertz CT molecular complexity index is 705. The molecule has 7 nitrogen and oxygen atoms in total. The lowest BCUT2D eigenvalue weighted by molar-refractivity contribution is -0.142. The first kappa shape index (κ1) is 18.2. The van der Waals surface area contributed by atoms with Crippen LogP contribution in [-0.4, -0.2) is 49.9 Å². The molecule has 24 heavy (non-hydrogen) atoms. The number of benzene rings is 1. The van der Waals surface area contributed by atoms with Crippen LogP contribution in [0.2, 0.25) is 5.15 Å². The van der Waals surface area contributed by atoms with Gasteiger partial charge in [-0.1, -0.05) is 11.6 Å². The van der Waals surface area contributed by atoms with E-state index in [9.17, 15) is 4.79 Å². The first-order chi connectivity index (χ1) is 11.6. The van der Waals surface area contributed by atoms with E-state index in [1.165, 1.54) is 14.2 Å². The molecular formula is C16H20ClN3O4. The lowest BCUT2D eigenvalue weighted by Gasteiger charge is -2.04. The first-order valence-electron chi connectivity index (χ1n) is 7.45. The quantitative estimate of drug-likeness (QED) is 0.847.